The highest BCUT2D eigenvalue weighted by Gasteiger charge is 2.16. The number of hydrogen-bond donors (Lipinski definition) is 1. The zero-order valence-electron chi connectivity index (χ0n) is 11.7. The van der Waals surface area contributed by atoms with E-state index in [9.17, 15) is 0 Å². The molecule has 0 aromatic heterocycles. The van der Waals surface area contributed by atoms with Gasteiger partial charge in [0.25, 0.3) is 0 Å². The Kier molecular flexibility index (Phi) is 7.51. The van der Waals surface area contributed by atoms with E-state index in [4.69, 9.17) is 5.73 Å². The molecule has 2 N–H and O–H groups in total. The van der Waals surface area contributed by atoms with E-state index in [1.165, 1.54) is 51.2 Å². The first kappa shape index (κ1) is 15.3. The van der Waals surface area contributed by atoms with Gasteiger partial charge in [0.05, 0.1) is 0 Å². The normalized spacial score (nSPS) is 21.0. The largest absolute Gasteiger partial charge is 0.328 e. The van der Waals surface area contributed by atoms with Gasteiger partial charge >= 0.3 is 0 Å². The van der Waals surface area contributed by atoms with Gasteiger partial charge < -0.3 is 15.5 Å². The van der Waals surface area contributed by atoms with E-state index in [1.54, 1.807) is 0 Å². The van der Waals surface area contributed by atoms with Gasteiger partial charge in [-0.1, -0.05) is 0 Å². The standard InChI is InChI=1S/C13H29N3S/c1-12(6-11-17-3)15(2)9-10-16-7-4-13(14)5-8-16/h12-13H,4-11,14H2,1-3H3. The third-order valence-electron chi connectivity index (χ3n) is 3.89. The van der Waals surface area contributed by atoms with E-state index < -0.39 is 0 Å². The Morgan fingerprint density at radius 2 is 2.06 bits per heavy atom. The highest BCUT2D eigenvalue weighted by molar-refractivity contribution is 7.98. The Bertz CT molecular complexity index is 193. The number of likely N-dealkylation sites (N-methyl/N-ethyl adjacent to an activating group) is 1. The summed E-state index contributed by atoms with van der Waals surface area (Å²) in [6.45, 7) is 7.10. The molecule has 1 fully saturated rings. The molecule has 102 valence electrons. The van der Waals surface area contributed by atoms with Crippen LogP contribution >= 0.6 is 11.8 Å². The van der Waals surface area contributed by atoms with Gasteiger partial charge in [-0.3, -0.25) is 0 Å². The van der Waals surface area contributed by atoms with Gasteiger partial charge in [0, 0.05) is 25.2 Å². The van der Waals surface area contributed by atoms with Crippen molar-refractivity contribution >= 4 is 11.8 Å². The van der Waals surface area contributed by atoms with Crippen LogP contribution in [0.3, 0.4) is 0 Å². The van der Waals surface area contributed by atoms with Crippen molar-refractivity contribution in [1.82, 2.24) is 9.80 Å². The zero-order chi connectivity index (χ0) is 12.7. The predicted molar refractivity (Wildman–Crippen MR) is 78.7 cm³/mol. The molecule has 1 saturated heterocycles. The highest BCUT2D eigenvalue weighted by atomic mass is 32.2. The Morgan fingerprint density at radius 1 is 1.41 bits per heavy atom. The van der Waals surface area contributed by atoms with Crippen LogP contribution in [-0.4, -0.2) is 67.1 Å². The summed E-state index contributed by atoms with van der Waals surface area (Å²) < 4.78 is 0. The topological polar surface area (TPSA) is 32.5 Å². The van der Waals surface area contributed by atoms with Gasteiger partial charge in [-0.05, 0) is 58.3 Å². The fraction of sp³-hybridized carbons (Fsp3) is 1.00. The summed E-state index contributed by atoms with van der Waals surface area (Å²) in [6, 6.07) is 1.15. The highest BCUT2D eigenvalue weighted by Crippen LogP contribution is 2.09. The smallest absolute Gasteiger partial charge is 0.0109 e. The first-order valence-electron chi connectivity index (χ1n) is 6.80. The van der Waals surface area contributed by atoms with Crippen LogP contribution in [0.25, 0.3) is 0 Å². The first-order chi connectivity index (χ1) is 8.13. The van der Waals surface area contributed by atoms with Crippen LogP contribution in [0.4, 0.5) is 0 Å². The monoisotopic (exact) mass is 259 g/mol. The molecule has 1 aliphatic heterocycles. The molecule has 0 aliphatic carbocycles. The lowest BCUT2D eigenvalue weighted by Gasteiger charge is -2.32. The number of likely N-dealkylation sites (tertiary alicyclic amines) is 1. The molecule has 0 bridgehead atoms. The Hall–Kier alpha value is 0.230. The van der Waals surface area contributed by atoms with Crippen LogP contribution in [0.2, 0.25) is 0 Å². The molecular weight excluding hydrogens is 230 g/mol. The minimum Gasteiger partial charge on any atom is -0.328 e. The van der Waals surface area contributed by atoms with Crippen molar-refractivity contribution < 1.29 is 0 Å². The summed E-state index contributed by atoms with van der Waals surface area (Å²) in [5, 5.41) is 0. The summed E-state index contributed by atoms with van der Waals surface area (Å²) in [5.41, 5.74) is 5.92. The summed E-state index contributed by atoms with van der Waals surface area (Å²) in [4.78, 5) is 5.05. The molecule has 1 rings (SSSR count). The van der Waals surface area contributed by atoms with Crippen molar-refractivity contribution in [2.45, 2.75) is 38.3 Å². The Labute approximate surface area is 111 Å². The summed E-state index contributed by atoms with van der Waals surface area (Å²) in [6.07, 6.45) is 5.82. The molecule has 17 heavy (non-hydrogen) atoms. The molecule has 0 spiro atoms. The molecule has 3 nitrogen and oxygen atoms in total. The van der Waals surface area contributed by atoms with Crippen LogP contribution in [0.1, 0.15) is 26.2 Å². The average Bonchev–Trinajstić information content (AvgIpc) is 2.34. The van der Waals surface area contributed by atoms with E-state index in [0.29, 0.717) is 12.1 Å². The van der Waals surface area contributed by atoms with Crippen molar-refractivity contribution in [2.75, 3.05) is 45.2 Å². The van der Waals surface area contributed by atoms with Gasteiger partial charge in [0.1, 0.15) is 0 Å². The number of hydrogen-bond acceptors (Lipinski definition) is 4. The van der Waals surface area contributed by atoms with E-state index in [2.05, 4.69) is 30.0 Å². The summed E-state index contributed by atoms with van der Waals surface area (Å²) in [7, 11) is 2.25. The third-order valence-corrected chi connectivity index (χ3v) is 4.54. The van der Waals surface area contributed by atoms with Crippen LogP contribution in [0, 0.1) is 0 Å². The molecule has 1 aliphatic rings. The molecule has 1 unspecified atom stereocenters. The predicted octanol–water partition coefficient (Wildman–Crippen LogP) is 1.48. The molecule has 4 heteroatoms. The fourth-order valence-electron chi connectivity index (χ4n) is 2.20. The van der Waals surface area contributed by atoms with Crippen molar-refractivity contribution in [3.63, 3.8) is 0 Å². The van der Waals surface area contributed by atoms with E-state index >= 15 is 0 Å². The fourth-order valence-corrected chi connectivity index (χ4v) is 2.78. The SMILES string of the molecule is CSCCC(C)N(C)CCN1CCC(N)CC1. The Balaban J connectivity index is 2.12. The first-order valence-corrected chi connectivity index (χ1v) is 8.20. The third kappa shape index (κ3) is 6.09. The molecular formula is C13H29N3S. The Morgan fingerprint density at radius 3 is 2.65 bits per heavy atom. The van der Waals surface area contributed by atoms with Crippen LogP contribution in [0.5, 0.6) is 0 Å². The maximum atomic E-state index is 5.92. The molecule has 0 radical (unpaired) electrons. The van der Waals surface area contributed by atoms with Crippen LogP contribution < -0.4 is 5.73 Å². The zero-order valence-corrected chi connectivity index (χ0v) is 12.5. The number of nitrogens with two attached hydrogens (primary N) is 1. The molecule has 0 aromatic rings. The second kappa shape index (κ2) is 8.35. The lowest BCUT2D eigenvalue weighted by atomic mass is 10.1. The maximum absolute atomic E-state index is 5.92. The minimum absolute atomic E-state index is 0.449. The van der Waals surface area contributed by atoms with Crippen molar-refractivity contribution in [3.8, 4) is 0 Å². The summed E-state index contributed by atoms with van der Waals surface area (Å²) >= 11 is 1.94. The molecule has 0 aromatic carbocycles. The molecule has 1 heterocycles. The van der Waals surface area contributed by atoms with Gasteiger partial charge in [-0.25, -0.2) is 0 Å². The maximum Gasteiger partial charge on any atom is 0.0109 e. The number of rotatable bonds is 7. The lowest BCUT2D eigenvalue weighted by molar-refractivity contribution is 0.167. The van der Waals surface area contributed by atoms with Crippen LogP contribution in [-0.2, 0) is 0 Å². The lowest BCUT2D eigenvalue weighted by Crippen LogP contribution is -2.43. The molecule has 0 saturated carbocycles. The van der Waals surface area contributed by atoms with Crippen LogP contribution in [0.15, 0.2) is 0 Å². The molecule has 0 amide bonds. The van der Waals surface area contributed by atoms with E-state index in [0.717, 1.165) is 0 Å². The summed E-state index contributed by atoms with van der Waals surface area (Å²) in [5.74, 6) is 1.27. The molecule has 1 atom stereocenters. The van der Waals surface area contributed by atoms with Crippen molar-refractivity contribution in [1.29, 1.82) is 0 Å². The second-order valence-electron chi connectivity index (χ2n) is 5.29. The number of nitrogens with zero attached hydrogens (tertiary/aromatic N) is 2. The quantitative estimate of drug-likeness (QED) is 0.751. The van der Waals surface area contributed by atoms with Crippen molar-refractivity contribution in [3.05, 3.63) is 0 Å². The van der Waals surface area contributed by atoms with E-state index in [-0.39, 0.29) is 0 Å². The number of thioether (sulfide) groups is 1. The van der Waals surface area contributed by atoms with E-state index in [1.807, 2.05) is 11.8 Å². The minimum atomic E-state index is 0.449. The van der Waals surface area contributed by atoms with Gasteiger partial charge in [0.2, 0.25) is 0 Å². The van der Waals surface area contributed by atoms with Crippen molar-refractivity contribution in [2.24, 2.45) is 5.73 Å². The average molecular weight is 259 g/mol. The van der Waals surface area contributed by atoms with Gasteiger partial charge in [-0.15, -0.1) is 0 Å². The number of piperidine rings is 1. The second-order valence-corrected chi connectivity index (χ2v) is 6.28. The van der Waals surface area contributed by atoms with Gasteiger partial charge in [-0.2, -0.15) is 11.8 Å². The van der Waals surface area contributed by atoms with Gasteiger partial charge in [0.15, 0.2) is 0 Å².